The molecule has 0 saturated heterocycles. The Kier molecular flexibility index (Phi) is 8.30. The number of allylic oxidation sites excluding steroid dienone is 3. The maximum absolute atomic E-state index is 4.89. The maximum atomic E-state index is 4.89. The first-order valence-corrected chi connectivity index (χ1v) is 13.7. The summed E-state index contributed by atoms with van der Waals surface area (Å²) >= 11 is 1.87. The van der Waals surface area contributed by atoms with E-state index in [2.05, 4.69) is 79.5 Å². The van der Waals surface area contributed by atoms with Gasteiger partial charge >= 0.3 is 0 Å². The van der Waals surface area contributed by atoms with Gasteiger partial charge in [-0.3, -0.25) is 4.98 Å². The highest BCUT2D eigenvalue weighted by molar-refractivity contribution is 7.99. The molecule has 0 amide bonds. The number of aryl methyl sites for hydroxylation is 1. The number of rotatable bonds is 6. The lowest BCUT2D eigenvalue weighted by molar-refractivity contribution is 0.400. The Labute approximate surface area is 215 Å². The number of fused-ring (bicyclic) bond motifs is 1. The zero-order chi connectivity index (χ0) is 24.8. The topological polar surface area (TPSA) is 24.9 Å². The fraction of sp³-hybridized carbons (Fsp3) is 0.281. The van der Waals surface area contributed by atoms with Crippen LogP contribution in [-0.4, -0.2) is 10.9 Å². The molecule has 0 atom stereocenters. The molecule has 1 aliphatic heterocycles. The molecule has 1 aromatic heterocycles. The predicted molar refractivity (Wildman–Crippen MR) is 155 cm³/mol. The lowest BCUT2D eigenvalue weighted by Crippen LogP contribution is -2.16. The minimum atomic E-state index is 0.548. The van der Waals surface area contributed by atoms with Gasteiger partial charge < -0.3 is 5.32 Å². The van der Waals surface area contributed by atoms with E-state index in [9.17, 15) is 0 Å². The van der Waals surface area contributed by atoms with Crippen LogP contribution in [0.2, 0.25) is 0 Å². The number of hydrogen-bond acceptors (Lipinski definition) is 3. The third kappa shape index (κ3) is 5.62. The van der Waals surface area contributed by atoms with Crippen molar-refractivity contribution in [1.29, 1.82) is 0 Å². The van der Waals surface area contributed by atoms with Crippen LogP contribution in [0.1, 0.15) is 68.0 Å². The van der Waals surface area contributed by atoms with Gasteiger partial charge in [-0.25, -0.2) is 0 Å². The second kappa shape index (κ2) is 11.6. The Morgan fingerprint density at radius 2 is 1.80 bits per heavy atom. The molecule has 180 valence electrons. The molecule has 2 nitrogen and oxygen atoms in total. The summed E-state index contributed by atoms with van der Waals surface area (Å²) in [4.78, 5) is 6.22. The molecule has 5 rings (SSSR count). The molecule has 2 aliphatic rings. The van der Waals surface area contributed by atoms with E-state index in [1.165, 1.54) is 63.2 Å². The van der Waals surface area contributed by atoms with E-state index in [1.54, 1.807) is 0 Å². The summed E-state index contributed by atoms with van der Waals surface area (Å²) in [5.74, 6) is 1.49. The smallest absolute Gasteiger partial charge is 0.0699 e. The summed E-state index contributed by atoms with van der Waals surface area (Å²) < 4.78 is 0. The van der Waals surface area contributed by atoms with Crippen LogP contribution in [0.25, 0.3) is 17.2 Å². The lowest BCUT2D eigenvalue weighted by Gasteiger charge is -2.31. The van der Waals surface area contributed by atoms with Crippen LogP contribution in [0.5, 0.6) is 0 Å². The second-order valence-electron chi connectivity index (χ2n) is 9.06. The number of benzene rings is 2. The van der Waals surface area contributed by atoms with Crippen molar-refractivity contribution in [3.05, 3.63) is 107 Å². The Morgan fingerprint density at radius 3 is 2.46 bits per heavy atom. The van der Waals surface area contributed by atoms with Crippen LogP contribution in [0.3, 0.4) is 0 Å². The summed E-state index contributed by atoms with van der Waals surface area (Å²) in [6.07, 6.45) is 9.88. The van der Waals surface area contributed by atoms with E-state index in [0.717, 1.165) is 17.1 Å². The van der Waals surface area contributed by atoms with Crippen molar-refractivity contribution in [3.8, 4) is 0 Å². The van der Waals surface area contributed by atoms with Crippen molar-refractivity contribution in [2.75, 3.05) is 11.2 Å². The van der Waals surface area contributed by atoms with Crippen molar-refractivity contribution >= 4 is 34.7 Å². The van der Waals surface area contributed by atoms with Gasteiger partial charge in [0.2, 0.25) is 0 Å². The molecule has 1 fully saturated rings. The van der Waals surface area contributed by atoms with Crippen LogP contribution in [0.15, 0.2) is 83.9 Å². The number of thioether (sulfide) groups is 1. The van der Waals surface area contributed by atoms with Gasteiger partial charge in [0, 0.05) is 16.8 Å². The first-order chi connectivity index (χ1) is 17.1. The summed E-state index contributed by atoms with van der Waals surface area (Å²) in [7, 11) is 0. The Morgan fingerprint density at radius 1 is 1.06 bits per heavy atom. The van der Waals surface area contributed by atoms with Crippen molar-refractivity contribution in [2.45, 2.75) is 51.9 Å². The summed E-state index contributed by atoms with van der Waals surface area (Å²) in [6, 6.07) is 20.1. The molecule has 1 saturated carbocycles. The lowest BCUT2D eigenvalue weighted by atomic mass is 9.73. The van der Waals surface area contributed by atoms with Crippen LogP contribution >= 0.6 is 11.8 Å². The van der Waals surface area contributed by atoms with E-state index >= 15 is 0 Å². The summed E-state index contributed by atoms with van der Waals surface area (Å²) in [5, 5.41) is 3.54. The van der Waals surface area contributed by atoms with Gasteiger partial charge in [-0.05, 0) is 84.2 Å². The molecule has 2 aromatic carbocycles. The standard InChI is InChI=1S/C30H30N2S.C2H6/c1-20(2)9-10-22-11-13-24(14-12-22)28(25-15-16-27-26(18-25)32-19-33-27)29(23-7-4-8-23)30-21(3)6-5-17-31-30;1-2/h5-6,9-18,23,32H,1,4,7-8,19H2,2-3H3;1-2H3/b10-9+,29-28+;. The van der Waals surface area contributed by atoms with Crippen LogP contribution in [0.4, 0.5) is 5.69 Å². The zero-order valence-corrected chi connectivity index (χ0v) is 22.2. The quantitative estimate of drug-likeness (QED) is 0.356. The highest BCUT2D eigenvalue weighted by Crippen LogP contribution is 2.46. The predicted octanol–water partition coefficient (Wildman–Crippen LogP) is 9.24. The van der Waals surface area contributed by atoms with Crippen molar-refractivity contribution in [2.24, 2.45) is 5.92 Å². The van der Waals surface area contributed by atoms with Gasteiger partial charge in [-0.2, -0.15) is 0 Å². The number of pyridine rings is 1. The molecule has 3 aromatic rings. The number of nitrogens with zero attached hydrogens (tertiary/aromatic N) is 1. The SMILES string of the molecule is C=C(C)/C=C/c1ccc(/C(=C(\c2ncccc2C)C2CCC2)c2ccc3c(c2)NCS3)cc1.CC. The average molecular weight is 481 g/mol. The Hall–Kier alpha value is -3.04. The molecule has 0 bridgehead atoms. The van der Waals surface area contributed by atoms with Crippen molar-refractivity contribution in [3.63, 3.8) is 0 Å². The molecule has 0 spiro atoms. The molecule has 35 heavy (non-hydrogen) atoms. The molecule has 1 N–H and O–H groups in total. The minimum Gasteiger partial charge on any atom is -0.375 e. The van der Waals surface area contributed by atoms with Crippen molar-refractivity contribution < 1.29 is 0 Å². The molecule has 1 aliphatic carbocycles. The van der Waals surface area contributed by atoms with E-state index in [-0.39, 0.29) is 0 Å². The number of nitrogens with one attached hydrogen (secondary N) is 1. The second-order valence-corrected chi connectivity index (χ2v) is 10.1. The number of aromatic nitrogens is 1. The van der Waals surface area contributed by atoms with E-state index in [0.29, 0.717) is 5.92 Å². The van der Waals surface area contributed by atoms with E-state index in [1.807, 2.05) is 44.8 Å². The van der Waals surface area contributed by atoms with Crippen LogP contribution in [-0.2, 0) is 0 Å². The fourth-order valence-corrected chi connectivity index (χ4v) is 5.43. The van der Waals surface area contributed by atoms with E-state index < -0.39 is 0 Å². The Balaban J connectivity index is 0.00000141. The van der Waals surface area contributed by atoms with E-state index in [4.69, 9.17) is 4.98 Å². The molecule has 0 unspecified atom stereocenters. The first-order valence-electron chi connectivity index (χ1n) is 12.7. The molecule has 0 radical (unpaired) electrons. The third-order valence-electron chi connectivity index (χ3n) is 6.57. The zero-order valence-electron chi connectivity index (χ0n) is 21.4. The maximum Gasteiger partial charge on any atom is 0.0699 e. The fourth-order valence-electron chi connectivity index (χ4n) is 4.60. The molecule has 3 heteroatoms. The van der Waals surface area contributed by atoms with Gasteiger partial charge in [0.25, 0.3) is 0 Å². The first kappa shape index (κ1) is 25.1. The van der Waals surface area contributed by atoms with Crippen LogP contribution in [0, 0.1) is 12.8 Å². The third-order valence-corrected chi connectivity index (χ3v) is 7.52. The summed E-state index contributed by atoms with van der Waals surface area (Å²) in [5.41, 5.74) is 11.1. The van der Waals surface area contributed by atoms with Gasteiger partial charge in [0.1, 0.15) is 0 Å². The van der Waals surface area contributed by atoms with Crippen molar-refractivity contribution in [1.82, 2.24) is 4.98 Å². The number of hydrogen-bond donors (Lipinski definition) is 1. The average Bonchev–Trinajstić information content (AvgIpc) is 3.32. The van der Waals surface area contributed by atoms with Crippen LogP contribution < -0.4 is 5.32 Å². The molecule has 2 heterocycles. The van der Waals surface area contributed by atoms with Gasteiger partial charge in [-0.15, -0.1) is 11.8 Å². The molecular weight excluding hydrogens is 444 g/mol. The monoisotopic (exact) mass is 480 g/mol. The van der Waals surface area contributed by atoms with Gasteiger partial charge in [0.05, 0.1) is 11.6 Å². The number of anilines is 1. The normalized spacial score (nSPS) is 15.4. The largest absolute Gasteiger partial charge is 0.375 e. The highest BCUT2D eigenvalue weighted by atomic mass is 32.2. The van der Waals surface area contributed by atoms with Gasteiger partial charge in [-0.1, -0.05) is 81.0 Å². The minimum absolute atomic E-state index is 0.548. The Bertz CT molecular complexity index is 1250. The summed E-state index contributed by atoms with van der Waals surface area (Å²) in [6.45, 7) is 12.2. The van der Waals surface area contributed by atoms with Gasteiger partial charge in [0.15, 0.2) is 0 Å². The molecular formula is C32H36N2S. The highest BCUT2D eigenvalue weighted by Gasteiger charge is 2.29.